The first-order chi connectivity index (χ1) is 5.00. The maximum atomic E-state index is 12.0. The Kier molecular flexibility index (Phi) is 2.42. The lowest BCUT2D eigenvalue weighted by atomic mass is 9.97. The number of nitrogens with zero attached hydrogens (tertiary/aromatic N) is 1. The number of piperidine rings is 1. The zero-order valence-corrected chi connectivity index (χ0v) is 6.49. The van der Waals surface area contributed by atoms with Crippen molar-refractivity contribution in [2.45, 2.75) is 19.0 Å². The minimum absolute atomic E-state index is 0.264. The zero-order chi connectivity index (χ0) is 8.48. The molecule has 0 unspecified atom stereocenters. The van der Waals surface area contributed by atoms with Crippen LogP contribution in [-0.4, -0.2) is 31.2 Å². The van der Waals surface area contributed by atoms with Crippen molar-refractivity contribution in [3.63, 3.8) is 0 Å². The van der Waals surface area contributed by atoms with E-state index in [0.717, 1.165) is 0 Å². The van der Waals surface area contributed by atoms with Gasteiger partial charge in [-0.25, -0.2) is 0 Å². The molecule has 0 bridgehead atoms. The average molecular weight is 167 g/mol. The molecule has 0 atom stereocenters. The Morgan fingerprint density at radius 2 is 1.64 bits per heavy atom. The van der Waals surface area contributed by atoms with E-state index in [9.17, 15) is 13.2 Å². The Bertz CT molecular complexity index is 124. The van der Waals surface area contributed by atoms with Crippen LogP contribution in [0.25, 0.3) is 0 Å². The molecule has 0 aromatic rings. The number of likely N-dealkylation sites (tertiary alicyclic amines) is 1. The van der Waals surface area contributed by atoms with Gasteiger partial charge < -0.3 is 4.90 Å². The molecule has 1 nitrogen and oxygen atoms in total. The fraction of sp³-hybridized carbons (Fsp3) is 1.00. The molecule has 1 heterocycles. The summed E-state index contributed by atoms with van der Waals surface area (Å²) in [6.45, 7) is 1.15. The standard InChI is InChI=1S/C7H12F3N/c1-11-4-2-6(3-5-11)7(8,9)10/h6H,2-5H2,1H3. The fourth-order valence-electron chi connectivity index (χ4n) is 1.34. The zero-order valence-electron chi connectivity index (χ0n) is 6.49. The molecule has 4 heteroatoms. The van der Waals surface area contributed by atoms with Gasteiger partial charge in [-0.05, 0) is 33.0 Å². The van der Waals surface area contributed by atoms with Crippen molar-refractivity contribution in [1.82, 2.24) is 4.90 Å². The Labute approximate surface area is 64.2 Å². The topological polar surface area (TPSA) is 3.24 Å². The summed E-state index contributed by atoms with van der Waals surface area (Å²) in [5.74, 6) is -1.06. The molecule has 0 aromatic carbocycles. The molecule has 0 N–H and O–H groups in total. The summed E-state index contributed by atoms with van der Waals surface area (Å²) >= 11 is 0. The molecule has 0 saturated carbocycles. The normalized spacial score (nSPS) is 24.0. The lowest BCUT2D eigenvalue weighted by molar-refractivity contribution is -0.184. The number of rotatable bonds is 0. The monoisotopic (exact) mass is 167 g/mol. The van der Waals surface area contributed by atoms with Gasteiger partial charge >= 0.3 is 6.18 Å². The van der Waals surface area contributed by atoms with Gasteiger partial charge in [0.1, 0.15) is 0 Å². The highest BCUT2D eigenvalue weighted by atomic mass is 19.4. The summed E-state index contributed by atoms with van der Waals surface area (Å²) in [5.41, 5.74) is 0. The van der Waals surface area contributed by atoms with E-state index in [0.29, 0.717) is 13.1 Å². The smallest absolute Gasteiger partial charge is 0.306 e. The fourth-order valence-corrected chi connectivity index (χ4v) is 1.34. The highest BCUT2D eigenvalue weighted by Crippen LogP contribution is 2.33. The molecule has 66 valence electrons. The SMILES string of the molecule is CN1CCC(C(F)(F)F)CC1. The van der Waals surface area contributed by atoms with Crippen molar-refractivity contribution >= 4 is 0 Å². The highest BCUT2D eigenvalue weighted by molar-refractivity contribution is 4.75. The molecule has 0 aromatic heterocycles. The van der Waals surface area contributed by atoms with Gasteiger partial charge in [0.25, 0.3) is 0 Å². The molecule has 11 heavy (non-hydrogen) atoms. The summed E-state index contributed by atoms with van der Waals surface area (Å²) < 4.78 is 36.1. The molecule has 1 saturated heterocycles. The Balaban J connectivity index is 2.39. The Morgan fingerprint density at radius 1 is 1.18 bits per heavy atom. The summed E-state index contributed by atoms with van der Waals surface area (Å²) in [6, 6.07) is 0. The third-order valence-corrected chi connectivity index (χ3v) is 2.18. The summed E-state index contributed by atoms with van der Waals surface area (Å²) in [5, 5.41) is 0. The van der Waals surface area contributed by atoms with Gasteiger partial charge in [-0.15, -0.1) is 0 Å². The quantitative estimate of drug-likeness (QED) is 0.532. The van der Waals surface area contributed by atoms with Crippen molar-refractivity contribution in [2.24, 2.45) is 5.92 Å². The summed E-state index contributed by atoms with van der Waals surface area (Å²) in [6.07, 6.45) is -3.44. The molecule has 1 aliphatic rings. The van der Waals surface area contributed by atoms with Crippen molar-refractivity contribution in [3.05, 3.63) is 0 Å². The average Bonchev–Trinajstić information content (AvgIpc) is 1.86. The molecule has 1 fully saturated rings. The number of hydrogen-bond acceptors (Lipinski definition) is 1. The van der Waals surface area contributed by atoms with Gasteiger partial charge in [-0.2, -0.15) is 13.2 Å². The Hall–Kier alpha value is -0.250. The van der Waals surface area contributed by atoms with Gasteiger partial charge in [-0.1, -0.05) is 0 Å². The number of alkyl halides is 3. The van der Waals surface area contributed by atoms with Crippen molar-refractivity contribution < 1.29 is 13.2 Å². The van der Waals surface area contributed by atoms with E-state index in [4.69, 9.17) is 0 Å². The molecular formula is C7H12F3N. The minimum atomic E-state index is -3.97. The molecule has 1 aliphatic heterocycles. The van der Waals surface area contributed by atoms with Crippen LogP contribution in [0.3, 0.4) is 0 Å². The molecule has 1 rings (SSSR count). The van der Waals surface area contributed by atoms with E-state index in [1.54, 1.807) is 0 Å². The van der Waals surface area contributed by atoms with Crippen molar-refractivity contribution in [1.29, 1.82) is 0 Å². The van der Waals surface area contributed by atoms with Gasteiger partial charge in [0, 0.05) is 0 Å². The second-order valence-corrected chi connectivity index (χ2v) is 3.12. The lowest BCUT2D eigenvalue weighted by Crippen LogP contribution is -2.36. The molecule has 0 radical (unpaired) electrons. The van der Waals surface area contributed by atoms with Crippen LogP contribution in [0.2, 0.25) is 0 Å². The highest BCUT2D eigenvalue weighted by Gasteiger charge is 2.40. The van der Waals surface area contributed by atoms with Crippen LogP contribution >= 0.6 is 0 Å². The Morgan fingerprint density at radius 3 is 2.00 bits per heavy atom. The predicted octanol–water partition coefficient (Wildman–Crippen LogP) is 1.89. The third-order valence-electron chi connectivity index (χ3n) is 2.18. The summed E-state index contributed by atoms with van der Waals surface area (Å²) in [4.78, 5) is 1.93. The second-order valence-electron chi connectivity index (χ2n) is 3.12. The van der Waals surface area contributed by atoms with Crippen LogP contribution in [-0.2, 0) is 0 Å². The first kappa shape index (κ1) is 8.84. The molecule has 0 spiro atoms. The van der Waals surface area contributed by atoms with Crippen LogP contribution in [0.15, 0.2) is 0 Å². The van der Waals surface area contributed by atoms with Gasteiger partial charge in [0.2, 0.25) is 0 Å². The van der Waals surface area contributed by atoms with E-state index in [1.807, 2.05) is 11.9 Å². The molecule has 0 aliphatic carbocycles. The number of hydrogen-bond donors (Lipinski definition) is 0. The van der Waals surface area contributed by atoms with Gasteiger partial charge in [-0.3, -0.25) is 0 Å². The van der Waals surface area contributed by atoms with E-state index in [2.05, 4.69) is 0 Å². The van der Waals surface area contributed by atoms with Crippen LogP contribution in [0, 0.1) is 5.92 Å². The van der Waals surface area contributed by atoms with Crippen LogP contribution in [0.1, 0.15) is 12.8 Å². The maximum Gasteiger partial charge on any atom is 0.391 e. The second kappa shape index (κ2) is 3.01. The van der Waals surface area contributed by atoms with Crippen LogP contribution < -0.4 is 0 Å². The largest absolute Gasteiger partial charge is 0.391 e. The van der Waals surface area contributed by atoms with E-state index < -0.39 is 12.1 Å². The summed E-state index contributed by atoms with van der Waals surface area (Å²) in [7, 11) is 1.85. The van der Waals surface area contributed by atoms with Crippen LogP contribution in [0.4, 0.5) is 13.2 Å². The van der Waals surface area contributed by atoms with E-state index >= 15 is 0 Å². The lowest BCUT2D eigenvalue weighted by Gasteiger charge is -2.30. The van der Waals surface area contributed by atoms with E-state index in [-0.39, 0.29) is 12.8 Å². The van der Waals surface area contributed by atoms with Crippen LogP contribution in [0.5, 0.6) is 0 Å². The number of halogens is 3. The first-order valence-electron chi connectivity index (χ1n) is 3.75. The predicted molar refractivity (Wildman–Crippen MR) is 36.3 cm³/mol. The van der Waals surface area contributed by atoms with Crippen molar-refractivity contribution in [3.8, 4) is 0 Å². The third kappa shape index (κ3) is 2.36. The van der Waals surface area contributed by atoms with Crippen molar-refractivity contribution in [2.75, 3.05) is 20.1 Å². The minimum Gasteiger partial charge on any atom is -0.306 e. The van der Waals surface area contributed by atoms with E-state index in [1.165, 1.54) is 0 Å². The van der Waals surface area contributed by atoms with Gasteiger partial charge in [0.15, 0.2) is 0 Å². The molecular weight excluding hydrogens is 155 g/mol. The first-order valence-corrected chi connectivity index (χ1v) is 3.75. The van der Waals surface area contributed by atoms with Gasteiger partial charge in [0.05, 0.1) is 5.92 Å². The molecule has 0 amide bonds. The maximum absolute atomic E-state index is 12.0.